The fraction of sp³-hybridized carbons (Fsp3) is 0. The van der Waals surface area contributed by atoms with Gasteiger partial charge in [0, 0.05) is 26.6 Å². The minimum absolute atomic E-state index is 1.12. The Labute approximate surface area is 306 Å². The Balaban J connectivity index is 1.02. The van der Waals surface area contributed by atoms with Crippen LogP contribution in [-0.2, 0) is 0 Å². The van der Waals surface area contributed by atoms with Crippen LogP contribution in [0.3, 0.4) is 0 Å². The van der Waals surface area contributed by atoms with Crippen LogP contribution in [0.4, 0.5) is 17.1 Å². The first kappa shape index (κ1) is 29.3. The van der Waals surface area contributed by atoms with Gasteiger partial charge in [-0.25, -0.2) is 0 Å². The van der Waals surface area contributed by atoms with Crippen LogP contribution in [0.5, 0.6) is 0 Å². The summed E-state index contributed by atoms with van der Waals surface area (Å²) in [6, 6.07) is 69.3. The summed E-state index contributed by atoms with van der Waals surface area (Å²) in [4.78, 5) is 3.69. The molecular weight excluding hydrogens is 647 g/mol. The van der Waals surface area contributed by atoms with Gasteiger partial charge in [-0.2, -0.15) is 0 Å². The van der Waals surface area contributed by atoms with E-state index in [9.17, 15) is 0 Å². The van der Waals surface area contributed by atoms with Gasteiger partial charge in [-0.1, -0.05) is 133 Å². The molecular formula is C50H31NS. The molecule has 9 aromatic carbocycles. The Bertz CT molecular complexity index is 2970. The second kappa shape index (κ2) is 11.5. The van der Waals surface area contributed by atoms with Crippen molar-refractivity contribution in [3.05, 3.63) is 188 Å². The number of rotatable bonds is 5. The van der Waals surface area contributed by atoms with E-state index in [0.29, 0.717) is 0 Å². The summed E-state index contributed by atoms with van der Waals surface area (Å²) >= 11 is 1.85. The Morgan fingerprint density at radius 2 is 0.923 bits per heavy atom. The average Bonchev–Trinajstić information content (AvgIpc) is 3.79. The second-order valence-electron chi connectivity index (χ2n) is 13.7. The molecule has 10 aromatic rings. The average molecular weight is 678 g/mol. The van der Waals surface area contributed by atoms with Crippen LogP contribution in [0.25, 0.3) is 86.2 Å². The number of hydrogen-bond acceptors (Lipinski definition) is 2. The number of hydrogen-bond donors (Lipinski definition) is 0. The SMILES string of the molecule is c1ccc2sc(-c3ccc(N(c4ccc(-c5ccc6ccc7ccccc7c6c5)cc4)c4ccc5c(c4)-c4cccc6cccc-5c46)cc3)cc2c1. The Morgan fingerprint density at radius 3 is 1.69 bits per heavy atom. The molecule has 242 valence electrons. The van der Waals surface area contributed by atoms with Crippen LogP contribution >= 0.6 is 11.3 Å². The molecule has 0 saturated carbocycles. The molecule has 0 saturated heterocycles. The first-order chi connectivity index (χ1) is 25.7. The molecule has 1 aromatic heterocycles. The Hall–Kier alpha value is -6.48. The molecule has 1 aliphatic carbocycles. The minimum atomic E-state index is 1.12. The van der Waals surface area contributed by atoms with Crippen molar-refractivity contribution in [3.63, 3.8) is 0 Å². The van der Waals surface area contributed by atoms with Crippen LogP contribution in [0.2, 0.25) is 0 Å². The maximum atomic E-state index is 2.40. The first-order valence-electron chi connectivity index (χ1n) is 17.8. The fourth-order valence-corrected chi connectivity index (χ4v) is 9.32. The molecule has 0 spiro atoms. The van der Waals surface area contributed by atoms with Crippen LogP contribution in [0.1, 0.15) is 0 Å². The molecule has 2 heteroatoms. The normalized spacial score (nSPS) is 11.8. The molecule has 52 heavy (non-hydrogen) atoms. The Kier molecular flexibility index (Phi) is 6.49. The number of benzene rings is 9. The van der Waals surface area contributed by atoms with E-state index in [1.165, 1.54) is 86.2 Å². The Morgan fingerprint density at radius 1 is 0.327 bits per heavy atom. The zero-order chi connectivity index (χ0) is 34.2. The molecule has 1 heterocycles. The van der Waals surface area contributed by atoms with Gasteiger partial charge in [-0.15, -0.1) is 11.3 Å². The van der Waals surface area contributed by atoms with E-state index in [-0.39, 0.29) is 0 Å². The zero-order valence-electron chi connectivity index (χ0n) is 28.3. The van der Waals surface area contributed by atoms with E-state index in [4.69, 9.17) is 0 Å². The van der Waals surface area contributed by atoms with E-state index in [2.05, 4.69) is 193 Å². The summed E-state index contributed by atoms with van der Waals surface area (Å²) < 4.78 is 1.32. The van der Waals surface area contributed by atoms with Crippen LogP contribution in [0, 0.1) is 0 Å². The summed E-state index contributed by atoms with van der Waals surface area (Å²) in [7, 11) is 0. The van der Waals surface area contributed by atoms with Crippen molar-refractivity contribution in [1.29, 1.82) is 0 Å². The lowest BCUT2D eigenvalue weighted by Crippen LogP contribution is -2.10. The molecule has 11 rings (SSSR count). The maximum absolute atomic E-state index is 2.40. The van der Waals surface area contributed by atoms with E-state index in [1.54, 1.807) is 0 Å². The lowest BCUT2D eigenvalue weighted by molar-refractivity contribution is 1.29. The van der Waals surface area contributed by atoms with Crippen molar-refractivity contribution in [1.82, 2.24) is 0 Å². The van der Waals surface area contributed by atoms with Crippen molar-refractivity contribution in [2.45, 2.75) is 0 Å². The van der Waals surface area contributed by atoms with Gasteiger partial charge in [0.1, 0.15) is 0 Å². The number of nitrogens with zero attached hydrogens (tertiary/aromatic N) is 1. The summed E-state index contributed by atoms with van der Waals surface area (Å²) in [6.45, 7) is 0. The highest BCUT2D eigenvalue weighted by Gasteiger charge is 2.23. The van der Waals surface area contributed by atoms with Crippen molar-refractivity contribution in [3.8, 4) is 43.8 Å². The van der Waals surface area contributed by atoms with E-state index >= 15 is 0 Å². The second-order valence-corrected chi connectivity index (χ2v) is 14.8. The molecule has 0 amide bonds. The number of anilines is 3. The minimum Gasteiger partial charge on any atom is -0.310 e. The molecule has 0 atom stereocenters. The van der Waals surface area contributed by atoms with Gasteiger partial charge >= 0.3 is 0 Å². The van der Waals surface area contributed by atoms with Gasteiger partial charge in [0.05, 0.1) is 0 Å². The lowest BCUT2D eigenvalue weighted by Gasteiger charge is -2.26. The van der Waals surface area contributed by atoms with Gasteiger partial charge < -0.3 is 4.90 Å². The molecule has 0 bridgehead atoms. The van der Waals surface area contributed by atoms with Crippen molar-refractivity contribution in [2.75, 3.05) is 4.90 Å². The third-order valence-corrected chi connectivity index (χ3v) is 12.0. The summed E-state index contributed by atoms with van der Waals surface area (Å²) in [5, 5.41) is 9.04. The molecule has 0 radical (unpaired) electrons. The molecule has 0 N–H and O–H groups in total. The number of fused-ring (bicyclic) bond motifs is 7. The summed E-state index contributed by atoms with van der Waals surface area (Å²) in [5.41, 5.74) is 12.3. The highest BCUT2D eigenvalue weighted by Crippen LogP contribution is 2.49. The van der Waals surface area contributed by atoms with Gasteiger partial charge in [-0.05, 0) is 131 Å². The fourth-order valence-electron chi connectivity index (χ4n) is 8.25. The standard InChI is InChI=1S/C50H31NS/c1-3-11-42-33(7-1)15-16-34-17-18-37(29-46(34)42)32-19-23-39(24-20-32)51(40-25-21-35(22-26-40)49-30-38-8-2-4-14-48(38)52-49)41-27-28-43-44-12-5-9-36-10-6-13-45(50(36)44)47(43)31-41/h1-31H. The third-order valence-electron chi connectivity index (χ3n) is 10.8. The highest BCUT2D eigenvalue weighted by atomic mass is 32.1. The van der Waals surface area contributed by atoms with Crippen molar-refractivity contribution in [2.24, 2.45) is 0 Å². The van der Waals surface area contributed by atoms with Crippen molar-refractivity contribution < 1.29 is 0 Å². The van der Waals surface area contributed by atoms with E-state index in [1.807, 2.05) is 11.3 Å². The molecule has 1 aliphatic rings. The van der Waals surface area contributed by atoms with Crippen LogP contribution < -0.4 is 4.90 Å². The lowest BCUT2D eigenvalue weighted by atomic mass is 9.97. The molecule has 0 unspecified atom stereocenters. The van der Waals surface area contributed by atoms with Gasteiger partial charge in [-0.3, -0.25) is 0 Å². The predicted octanol–water partition coefficient (Wildman–Crippen LogP) is 14.8. The third kappa shape index (κ3) is 4.62. The first-order valence-corrected chi connectivity index (χ1v) is 18.6. The summed E-state index contributed by atoms with van der Waals surface area (Å²) in [5.74, 6) is 0. The molecule has 0 fully saturated rings. The van der Waals surface area contributed by atoms with Crippen LogP contribution in [-0.4, -0.2) is 0 Å². The monoisotopic (exact) mass is 677 g/mol. The van der Waals surface area contributed by atoms with Crippen molar-refractivity contribution >= 4 is 70.8 Å². The predicted molar refractivity (Wildman–Crippen MR) is 224 cm³/mol. The van der Waals surface area contributed by atoms with E-state index < -0.39 is 0 Å². The highest BCUT2D eigenvalue weighted by molar-refractivity contribution is 7.22. The summed E-state index contributed by atoms with van der Waals surface area (Å²) in [6.07, 6.45) is 0. The molecule has 1 nitrogen and oxygen atoms in total. The molecule has 0 aliphatic heterocycles. The van der Waals surface area contributed by atoms with Gasteiger partial charge in [0.25, 0.3) is 0 Å². The number of thiophene rings is 1. The van der Waals surface area contributed by atoms with E-state index in [0.717, 1.165) is 17.1 Å². The quantitative estimate of drug-likeness (QED) is 0.164. The van der Waals surface area contributed by atoms with Gasteiger partial charge in [0.15, 0.2) is 0 Å². The smallest absolute Gasteiger partial charge is 0.0468 e. The largest absolute Gasteiger partial charge is 0.310 e. The maximum Gasteiger partial charge on any atom is 0.0468 e. The zero-order valence-corrected chi connectivity index (χ0v) is 29.1. The van der Waals surface area contributed by atoms with Gasteiger partial charge in [0.2, 0.25) is 0 Å². The topological polar surface area (TPSA) is 3.24 Å². The van der Waals surface area contributed by atoms with Crippen LogP contribution in [0.15, 0.2) is 188 Å².